The van der Waals surface area contributed by atoms with Gasteiger partial charge in [0.25, 0.3) is 0 Å². The van der Waals surface area contributed by atoms with Crippen molar-refractivity contribution in [3.05, 3.63) is 59.7 Å². The van der Waals surface area contributed by atoms with Gasteiger partial charge in [0.05, 0.1) is 12.2 Å². The second kappa shape index (κ2) is 8.49. The van der Waals surface area contributed by atoms with Gasteiger partial charge in [-0.15, -0.1) is 0 Å². The fraction of sp³-hybridized carbons (Fsp3) is 0.458. The zero-order valence-corrected chi connectivity index (χ0v) is 17.6. The number of piperidine rings is 1. The zero-order valence-electron chi connectivity index (χ0n) is 17.6. The largest absolute Gasteiger partial charge is 0.478 e. The van der Waals surface area contributed by atoms with E-state index >= 15 is 0 Å². The molecule has 0 saturated carbocycles. The molecule has 7 heteroatoms. The van der Waals surface area contributed by atoms with Gasteiger partial charge >= 0.3 is 5.97 Å². The first-order valence-electron chi connectivity index (χ1n) is 11.1. The molecule has 5 rings (SSSR count). The second-order valence-electron chi connectivity index (χ2n) is 8.50. The quantitative estimate of drug-likeness (QED) is 0.783. The third kappa shape index (κ3) is 4.26. The van der Waals surface area contributed by atoms with Gasteiger partial charge in [0.2, 0.25) is 0 Å². The van der Waals surface area contributed by atoms with Crippen LogP contribution in [0, 0.1) is 0 Å². The average molecular weight is 424 g/mol. The van der Waals surface area contributed by atoms with E-state index in [0.717, 1.165) is 57.8 Å². The third-order valence-corrected chi connectivity index (χ3v) is 6.61. The Morgan fingerprint density at radius 1 is 0.903 bits per heavy atom. The normalized spacial score (nSPS) is 23.3. The number of nitrogens with one attached hydrogen (secondary N) is 1. The lowest BCUT2D eigenvalue weighted by Crippen LogP contribution is -2.46. The minimum Gasteiger partial charge on any atom is -0.478 e. The highest BCUT2D eigenvalue weighted by Crippen LogP contribution is 2.39. The summed E-state index contributed by atoms with van der Waals surface area (Å²) in [4.78, 5) is 15.7. The van der Waals surface area contributed by atoms with Gasteiger partial charge in [0, 0.05) is 63.5 Å². The second-order valence-corrected chi connectivity index (χ2v) is 8.50. The van der Waals surface area contributed by atoms with Gasteiger partial charge in [-0.05, 0) is 42.0 Å². The predicted molar refractivity (Wildman–Crippen MR) is 119 cm³/mol. The van der Waals surface area contributed by atoms with Gasteiger partial charge in [0.1, 0.15) is 6.10 Å². The topological polar surface area (TPSA) is 74.3 Å². The van der Waals surface area contributed by atoms with E-state index in [-0.39, 0.29) is 6.10 Å². The van der Waals surface area contributed by atoms with Gasteiger partial charge < -0.3 is 29.7 Å². The molecule has 0 aromatic heterocycles. The molecule has 2 aromatic carbocycles. The molecule has 3 heterocycles. The van der Waals surface area contributed by atoms with Crippen LogP contribution in [0.3, 0.4) is 0 Å². The summed E-state index contributed by atoms with van der Waals surface area (Å²) in [5.41, 5.74) is 3.80. The number of nitrogens with zero attached hydrogens (tertiary/aromatic N) is 2. The molecule has 0 amide bonds. The van der Waals surface area contributed by atoms with Crippen LogP contribution in [0.2, 0.25) is 0 Å². The van der Waals surface area contributed by atoms with Crippen molar-refractivity contribution in [3.63, 3.8) is 0 Å². The maximum Gasteiger partial charge on any atom is 0.335 e. The van der Waals surface area contributed by atoms with Crippen LogP contribution in [0.15, 0.2) is 48.5 Å². The Hall–Kier alpha value is -2.61. The fourth-order valence-corrected chi connectivity index (χ4v) is 4.73. The van der Waals surface area contributed by atoms with Crippen LogP contribution in [0.4, 0.5) is 11.4 Å². The number of benzene rings is 2. The molecular formula is C24H29N3O4. The number of hydrogen-bond donors (Lipinski definition) is 2. The van der Waals surface area contributed by atoms with Gasteiger partial charge in [-0.25, -0.2) is 4.79 Å². The van der Waals surface area contributed by atoms with E-state index in [0.29, 0.717) is 12.2 Å². The number of rotatable bonds is 4. The summed E-state index contributed by atoms with van der Waals surface area (Å²) >= 11 is 0. The van der Waals surface area contributed by atoms with E-state index in [1.807, 2.05) is 12.1 Å². The standard InChI is InChI=1S/C24H29N3O4/c28-23(29)19-3-7-21(8-4-19)27-15-13-26(14-16-27)20-5-1-18(2-6-20)22-17-30-24(31-22)9-11-25-12-10-24/h1-8,22,25H,9-17H2,(H,28,29). The maximum atomic E-state index is 11.0. The van der Waals surface area contributed by atoms with E-state index < -0.39 is 11.8 Å². The number of carboxylic acid groups (broad SMARTS) is 1. The van der Waals surface area contributed by atoms with Crippen LogP contribution in [0.1, 0.15) is 34.9 Å². The van der Waals surface area contributed by atoms with Crippen LogP contribution in [0.25, 0.3) is 0 Å². The Morgan fingerprint density at radius 2 is 1.45 bits per heavy atom. The molecule has 3 aliphatic rings. The molecule has 3 fully saturated rings. The molecule has 164 valence electrons. The van der Waals surface area contributed by atoms with Gasteiger partial charge in [-0.2, -0.15) is 0 Å². The molecule has 2 N–H and O–H groups in total. The Morgan fingerprint density at radius 3 is 2.00 bits per heavy atom. The molecule has 0 aliphatic carbocycles. The summed E-state index contributed by atoms with van der Waals surface area (Å²) < 4.78 is 12.4. The number of anilines is 2. The lowest BCUT2D eigenvalue weighted by Gasteiger charge is -2.37. The van der Waals surface area contributed by atoms with E-state index in [1.54, 1.807) is 12.1 Å². The molecule has 7 nitrogen and oxygen atoms in total. The van der Waals surface area contributed by atoms with Crippen molar-refractivity contribution in [1.29, 1.82) is 0 Å². The first kappa shape index (κ1) is 20.3. The summed E-state index contributed by atoms with van der Waals surface area (Å²) in [5, 5.41) is 12.4. The fourth-order valence-electron chi connectivity index (χ4n) is 4.73. The highest BCUT2D eigenvalue weighted by Gasteiger charge is 2.42. The number of hydrogen-bond acceptors (Lipinski definition) is 6. The van der Waals surface area contributed by atoms with Crippen LogP contribution >= 0.6 is 0 Å². The Bertz CT molecular complexity index is 901. The minimum absolute atomic E-state index is 0.0118. The predicted octanol–water partition coefficient (Wildman–Crippen LogP) is 2.88. The Kier molecular flexibility index (Phi) is 5.56. The summed E-state index contributed by atoms with van der Waals surface area (Å²) in [6.45, 7) is 6.19. The third-order valence-electron chi connectivity index (χ3n) is 6.61. The minimum atomic E-state index is -0.889. The monoisotopic (exact) mass is 423 g/mol. The summed E-state index contributed by atoms with van der Waals surface area (Å²) in [6, 6.07) is 15.8. The molecule has 31 heavy (non-hydrogen) atoms. The van der Waals surface area contributed by atoms with Crippen LogP contribution in [-0.2, 0) is 9.47 Å². The zero-order chi connectivity index (χ0) is 21.3. The van der Waals surface area contributed by atoms with E-state index in [2.05, 4.69) is 39.4 Å². The van der Waals surface area contributed by atoms with Gasteiger partial charge in [-0.3, -0.25) is 0 Å². The summed E-state index contributed by atoms with van der Waals surface area (Å²) in [5.74, 6) is -1.28. The number of ether oxygens (including phenoxy) is 2. The molecular weight excluding hydrogens is 394 g/mol. The maximum absolute atomic E-state index is 11.0. The average Bonchev–Trinajstić information content (AvgIpc) is 3.23. The van der Waals surface area contributed by atoms with Crippen molar-refractivity contribution < 1.29 is 19.4 Å². The molecule has 1 atom stereocenters. The van der Waals surface area contributed by atoms with E-state index in [1.165, 1.54) is 11.3 Å². The first-order chi connectivity index (χ1) is 15.1. The number of carboxylic acids is 1. The number of carbonyl (C=O) groups is 1. The molecule has 0 bridgehead atoms. The summed E-state index contributed by atoms with van der Waals surface area (Å²) in [6.07, 6.45) is 1.83. The van der Waals surface area contributed by atoms with Crippen molar-refractivity contribution in [3.8, 4) is 0 Å². The van der Waals surface area contributed by atoms with Gasteiger partial charge in [-0.1, -0.05) is 12.1 Å². The highest BCUT2D eigenvalue weighted by atomic mass is 16.7. The molecule has 3 saturated heterocycles. The molecule has 0 radical (unpaired) electrons. The van der Waals surface area contributed by atoms with E-state index in [9.17, 15) is 4.79 Å². The lowest BCUT2D eigenvalue weighted by atomic mass is 10.1. The molecule has 2 aromatic rings. The van der Waals surface area contributed by atoms with Crippen molar-refractivity contribution >= 4 is 17.3 Å². The smallest absolute Gasteiger partial charge is 0.335 e. The van der Waals surface area contributed by atoms with Crippen molar-refractivity contribution in [2.45, 2.75) is 24.7 Å². The van der Waals surface area contributed by atoms with Crippen molar-refractivity contribution in [2.75, 3.05) is 55.7 Å². The van der Waals surface area contributed by atoms with Crippen LogP contribution in [0.5, 0.6) is 0 Å². The highest BCUT2D eigenvalue weighted by molar-refractivity contribution is 5.88. The Labute approximate surface area is 182 Å². The molecule has 1 spiro atoms. The first-order valence-corrected chi connectivity index (χ1v) is 11.1. The molecule has 1 unspecified atom stereocenters. The number of aromatic carboxylic acids is 1. The van der Waals surface area contributed by atoms with Gasteiger partial charge in [0.15, 0.2) is 5.79 Å². The van der Waals surface area contributed by atoms with Crippen molar-refractivity contribution in [2.24, 2.45) is 0 Å². The lowest BCUT2D eigenvalue weighted by molar-refractivity contribution is -0.183. The number of piperazine rings is 1. The SMILES string of the molecule is O=C(O)c1ccc(N2CCN(c3ccc(C4COC5(CCNCC5)O4)cc3)CC2)cc1. The van der Waals surface area contributed by atoms with Crippen LogP contribution < -0.4 is 15.1 Å². The van der Waals surface area contributed by atoms with Crippen molar-refractivity contribution in [1.82, 2.24) is 5.32 Å². The van der Waals surface area contributed by atoms with E-state index in [4.69, 9.17) is 14.6 Å². The molecule has 3 aliphatic heterocycles. The van der Waals surface area contributed by atoms with Crippen LogP contribution in [-0.4, -0.2) is 62.7 Å². The summed E-state index contributed by atoms with van der Waals surface area (Å²) in [7, 11) is 0. The Balaban J connectivity index is 1.17.